The summed E-state index contributed by atoms with van der Waals surface area (Å²) < 4.78 is 5.28. The van der Waals surface area contributed by atoms with E-state index in [-0.39, 0.29) is 11.2 Å². The topological polar surface area (TPSA) is 77.0 Å². The van der Waals surface area contributed by atoms with Gasteiger partial charge in [0.05, 0.1) is 24.2 Å². The van der Waals surface area contributed by atoms with Gasteiger partial charge in [-0.1, -0.05) is 61.2 Å². The van der Waals surface area contributed by atoms with Gasteiger partial charge in [-0.25, -0.2) is 4.98 Å². The highest BCUT2D eigenvalue weighted by Gasteiger charge is 2.21. The Morgan fingerprint density at radius 2 is 1.85 bits per heavy atom. The first kappa shape index (κ1) is 18.8. The van der Waals surface area contributed by atoms with Gasteiger partial charge >= 0.3 is 0 Å². The Balaban J connectivity index is 1.68. The molecular weight excluding hydrogens is 360 g/mol. The summed E-state index contributed by atoms with van der Waals surface area (Å²) in [6.45, 7) is 1.95. The number of nitrogens with zero attached hydrogens (tertiary/aromatic N) is 3. The number of thioether (sulfide) groups is 1. The van der Waals surface area contributed by atoms with Crippen molar-refractivity contribution in [1.29, 1.82) is 0 Å². The molecule has 27 heavy (non-hydrogen) atoms. The summed E-state index contributed by atoms with van der Waals surface area (Å²) in [5.74, 6) is 0.499. The van der Waals surface area contributed by atoms with Crippen molar-refractivity contribution in [2.24, 2.45) is 0 Å². The van der Waals surface area contributed by atoms with Crippen LogP contribution in [0.3, 0.4) is 0 Å². The van der Waals surface area contributed by atoms with E-state index in [9.17, 15) is 4.79 Å². The molecule has 7 heteroatoms. The Labute approximate surface area is 162 Å². The van der Waals surface area contributed by atoms with Gasteiger partial charge in [0.25, 0.3) is 0 Å². The predicted octanol–water partition coefficient (Wildman–Crippen LogP) is 4.06. The van der Waals surface area contributed by atoms with Crippen LogP contribution in [0.5, 0.6) is 5.75 Å². The second-order valence-electron chi connectivity index (χ2n) is 5.70. The summed E-state index contributed by atoms with van der Waals surface area (Å²) in [5.41, 5.74) is 2.30. The Morgan fingerprint density at radius 1 is 1.11 bits per heavy atom. The van der Waals surface area contributed by atoms with Crippen LogP contribution in [0.25, 0.3) is 11.3 Å². The molecule has 0 fully saturated rings. The molecule has 0 aliphatic rings. The Morgan fingerprint density at radius 3 is 2.52 bits per heavy atom. The fourth-order valence-electron chi connectivity index (χ4n) is 2.47. The zero-order valence-electron chi connectivity index (χ0n) is 15.1. The van der Waals surface area contributed by atoms with Crippen LogP contribution in [0.1, 0.15) is 13.3 Å². The van der Waals surface area contributed by atoms with Gasteiger partial charge < -0.3 is 10.1 Å². The number of hydrogen-bond donors (Lipinski definition) is 1. The third kappa shape index (κ3) is 4.83. The largest absolute Gasteiger partial charge is 0.495 e. The number of rotatable bonds is 7. The van der Waals surface area contributed by atoms with Crippen molar-refractivity contribution in [1.82, 2.24) is 15.2 Å². The number of hydrogen-bond acceptors (Lipinski definition) is 6. The van der Waals surface area contributed by atoms with Gasteiger partial charge in [0.15, 0.2) is 0 Å². The first-order valence-electron chi connectivity index (χ1n) is 8.57. The van der Waals surface area contributed by atoms with Crippen molar-refractivity contribution in [2.45, 2.75) is 23.8 Å². The molecule has 0 unspecified atom stereocenters. The van der Waals surface area contributed by atoms with Crippen molar-refractivity contribution < 1.29 is 9.53 Å². The Kier molecular flexibility index (Phi) is 6.38. The molecule has 3 aromatic rings. The minimum Gasteiger partial charge on any atom is -0.495 e. The molecule has 2 aromatic carbocycles. The molecule has 3 rings (SSSR count). The first-order valence-corrected chi connectivity index (χ1v) is 9.45. The highest BCUT2D eigenvalue weighted by atomic mass is 32.2. The van der Waals surface area contributed by atoms with Gasteiger partial charge in [0, 0.05) is 5.56 Å². The van der Waals surface area contributed by atoms with E-state index in [1.54, 1.807) is 25.4 Å². The third-order valence-electron chi connectivity index (χ3n) is 3.89. The summed E-state index contributed by atoms with van der Waals surface area (Å²) in [6, 6.07) is 17.0. The molecule has 0 bridgehead atoms. The fourth-order valence-corrected chi connectivity index (χ4v) is 3.26. The van der Waals surface area contributed by atoms with Crippen molar-refractivity contribution in [2.75, 3.05) is 12.4 Å². The predicted molar refractivity (Wildman–Crippen MR) is 107 cm³/mol. The summed E-state index contributed by atoms with van der Waals surface area (Å²) >= 11 is 1.30. The number of carbonyl (C=O) groups is 1. The standard InChI is InChI=1S/C20H20N4O2S/c1-3-18(19(25)22-15-11-7-8-12-17(15)26-2)27-20-21-13-16(23-24-20)14-9-5-4-6-10-14/h4-13,18H,3H2,1-2H3,(H,22,25)/t18-/m0/s1. The maximum atomic E-state index is 12.6. The summed E-state index contributed by atoms with van der Waals surface area (Å²) in [6.07, 6.45) is 2.31. The maximum Gasteiger partial charge on any atom is 0.238 e. The van der Waals surface area contributed by atoms with Crippen LogP contribution in [-0.4, -0.2) is 33.4 Å². The van der Waals surface area contributed by atoms with Crippen LogP contribution >= 0.6 is 11.8 Å². The number of methoxy groups -OCH3 is 1. The van der Waals surface area contributed by atoms with E-state index in [0.717, 1.165) is 5.56 Å². The van der Waals surface area contributed by atoms with Crippen molar-refractivity contribution >= 4 is 23.4 Å². The number of anilines is 1. The van der Waals surface area contributed by atoms with E-state index in [2.05, 4.69) is 20.5 Å². The molecule has 0 aliphatic carbocycles. The number of benzene rings is 2. The molecule has 1 aromatic heterocycles. The molecule has 1 atom stereocenters. The highest BCUT2D eigenvalue weighted by Crippen LogP contribution is 2.27. The van der Waals surface area contributed by atoms with Gasteiger partial charge in [0.2, 0.25) is 11.1 Å². The van der Waals surface area contributed by atoms with Crippen LogP contribution in [0.4, 0.5) is 5.69 Å². The SMILES string of the molecule is CC[C@H](Sc1ncc(-c2ccccc2)nn1)C(=O)Nc1ccccc1OC. The van der Waals surface area contributed by atoms with Crippen molar-refractivity contribution in [3.8, 4) is 17.0 Å². The Hall–Kier alpha value is -2.93. The monoisotopic (exact) mass is 380 g/mol. The average molecular weight is 380 g/mol. The number of carbonyl (C=O) groups excluding carboxylic acids is 1. The number of nitrogens with one attached hydrogen (secondary N) is 1. The van der Waals surface area contributed by atoms with Gasteiger partial charge in [-0.2, -0.15) is 0 Å². The van der Waals surface area contributed by atoms with Gasteiger partial charge in [-0.3, -0.25) is 4.79 Å². The van der Waals surface area contributed by atoms with E-state index in [1.165, 1.54) is 11.8 Å². The molecule has 0 radical (unpaired) electrons. The molecule has 1 heterocycles. The molecular formula is C20H20N4O2S. The average Bonchev–Trinajstić information content (AvgIpc) is 2.73. The van der Waals surface area contributed by atoms with Crippen LogP contribution in [0.2, 0.25) is 0 Å². The Bertz CT molecular complexity index is 888. The van der Waals surface area contributed by atoms with Crippen LogP contribution in [0, 0.1) is 0 Å². The van der Waals surface area contributed by atoms with Gasteiger partial charge in [-0.15, -0.1) is 10.2 Å². The number of aromatic nitrogens is 3. The van der Waals surface area contributed by atoms with Gasteiger partial charge in [-0.05, 0) is 18.6 Å². The second kappa shape index (κ2) is 9.14. The van der Waals surface area contributed by atoms with E-state index in [1.807, 2.05) is 49.4 Å². The summed E-state index contributed by atoms with van der Waals surface area (Å²) in [5, 5.41) is 11.4. The van der Waals surface area contributed by atoms with E-state index < -0.39 is 0 Å². The van der Waals surface area contributed by atoms with Crippen molar-refractivity contribution in [3.05, 3.63) is 60.8 Å². The molecule has 6 nitrogen and oxygen atoms in total. The molecule has 0 saturated heterocycles. The summed E-state index contributed by atoms with van der Waals surface area (Å²) in [7, 11) is 1.57. The number of amides is 1. The summed E-state index contributed by atoms with van der Waals surface area (Å²) in [4.78, 5) is 17.0. The zero-order valence-corrected chi connectivity index (χ0v) is 15.9. The van der Waals surface area contributed by atoms with E-state index >= 15 is 0 Å². The molecule has 1 amide bonds. The quantitative estimate of drug-likeness (QED) is 0.623. The molecule has 138 valence electrons. The fraction of sp³-hybridized carbons (Fsp3) is 0.200. The molecule has 0 saturated carbocycles. The smallest absolute Gasteiger partial charge is 0.238 e. The van der Waals surface area contributed by atoms with Crippen LogP contribution < -0.4 is 10.1 Å². The molecule has 0 aliphatic heterocycles. The normalized spacial score (nSPS) is 11.6. The minimum atomic E-state index is -0.334. The lowest BCUT2D eigenvalue weighted by atomic mass is 10.2. The van der Waals surface area contributed by atoms with Gasteiger partial charge in [0.1, 0.15) is 11.4 Å². The highest BCUT2D eigenvalue weighted by molar-refractivity contribution is 8.00. The second-order valence-corrected chi connectivity index (χ2v) is 6.87. The van der Waals surface area contributed by atoms with Crippen LogP contribution in [0.15, 0.2) is 66.0 Å². The lowest BCUT2D eigenvalue weighted by Crippen LogP contribution is -2.25. The minimum absolute atomic E-state index is 0.122. The number of ether oxygens (including phenoxy) is 1. The van der Waals surface area contributed by atoms with E-state index in [4.69, 9.17) is 4.74 Å². The molecule has 1 N–H and O–H groups in total. The van der Waals surface area contributed by atoms with Crippen molar-refractivity contribution in [3.63, 3.8) is 0 Å². The zero-order chi connectivity index (χ0) is 19.1. The van der Waals surface area contributed by atoms with Crippen LogP contribution in [-0.2, 0) is 4.79 Å². The first-order chi connectivity index (χ1) is 13.2. The maximum absolute atomic E-state index is 12.6. The number of para-hydroxylation sites is 2. The lowest BCUT2D eigenvalue weighted by molar-refractivity contribution is -0.115. The molecule has 0 spiro atoms. The van der Waals surface area contributed by atoms with E-state index in [0.29, 0.717) is 28.7 Å². The third-order valence-corrected chi connectivity index (χ3v) is 5.12. The lowest BCUT2D eigenvalue weighted by Gasteiger charge is -2.15.